The number of nitrogens with zero attached hydrogens (tertiary/aromatic N) is 1. The second-order valence-electron chi connectivity index (χ2n) is 6.92. The van der Waals surface area contributed by atoms with Crippen LogP contribution in [0, 0.1) is 5.82 Å². The fourth-order valence-electron chi connectivity index (χ4n) is 2.66. The van der Waals surface area contributed by atoms with Crippen LogP contribution in [0.4, 0.5) is 10.1 Å². The number of amides is 1. The average molecular weight is 394 g/mol. The maximum atomic E-state index is 13.0. The third-order valence-electron chi connectivity index (χ3n) is 4.24. The summed E-state index contributed by atoms with van der Waals surface area (Å²) in [5.41, 5.74) is 1.44. The van der Waals surface area contributed by atoms with Crippen molar-refractivity contribution in [3.63, 3.8) is 0 Å². The van der Waals surface area contributed by atoms with E-state index in [1.165, 1.54) is 24.3 Å². The Balaban J connectivity index is 1.65. The Bertz CT molecular complexity index is 953. The number of carbonyl (C=O) groups excluding carboxylic acids is 1. The Labute approximate surface area is 169 Å². The van der Waals surface area contributed by atoms with Crippen LogP contribution in [0.2, 0.25) is 0 Å². The zero-order valence-electron chi connectivity index (χ0n) is 16.6. The molecule has 2 aromatic carbocycles. The maximum absolute atomic E-state index is 13.0. The first-order chi connectivity index (χ1) is 13.9. The van der Waals surface area contributed by atoms with Gasteiger partial charge < -0.3 is 14.8 Å². The molecule has 0 unspecified atom stereocenters. The number of pyridine rings is 1. The molecule has 0 radical (unpaired) electrons. The predicted octanol–water partition coefficient (Wildman–Crippen LogP) is 5.08. The number of ether oxygens (including phenoxy) is 2. The smallest absolute Gasteiger partial charge is 0.267 e. The van der Waals surface area contributed by atoms with Crippen LogP contribution >= 0.6 is 0 Å². The fraction of sp³-hybridized carbons (Fsp3) is 0.217. The molecule has 0 aliphatic heterocycles. The quantitative estimate of drug-likeness (QED) is 0.607. The number of anilines is 1. The van der Waals surface area contributed by atoms with Gasteiger partial charge in [0, 0.05) is 23.5 Å². The molecule has 1 aromatic heterocycles. The summed E-state index contributed by atoms with van der Waals surface area (Å²) in [5.74, 6) is 0.341. The summed E-state index contributed by atoms with van der Waals surface area (Å²) >= 11 is 0. The number of hydrogen-bond donors (Lipinski definition) is 1. The topological polar surface area (TPSA) is 60.5 Å². The molecule has 29 heavy (non-hydrogen) atoms. The second-order valence-corrected chi connectivity index (χ2v) is 6.92. The fourth-order valence-corrected chi connectivity index (χ4v) is 2.66. The van der Waals surface area contributed by atoms with Crippen LogP contribution in [0.3, 0.4) is 0 Å². The van der Waals surface area contributed by atoms with E-state index in [-0.39, 0.29) is 11.7 Å². The normalized spacial score (nSPS) is 11.0. The number of hydrogen-bond acceptors (Lipinski definition) is 4. The molecule has 1 N–H and O–H groups in total. The van der Waals surface area contributed by atoms with E-state index in [0.717, 1.165) is 11.1 Å². The first-order valence-corrected chi connectivity index (χ1v) is 9.33. The van der Waals surface area contributed by atoms with E-state index < -0.39 is 5.60 Å². The van der Waals surface area contributed by atoms with Crippen LogP contribution in [0.1, 0.15) is 20.8 Å². The molecule has 3 aromatic rings. The average Bonchev–Trinajstić information content (AvgIpc) is 2.71. The minimum absolute atomic E-state index is 0.308. The Morgan fingerprint density at radius 3 is 2.24 bits per heavy atom. The van der Waals surface area contributed by atoms with Crippen LogP contribution in [-0.2, 0) is 4.79 Å². The van der Waals surface area contributed by atoms with Crippen molar-refractivity contribution in [2.24, 2.45) is 0 Å². The molecule has 6 heteroatoms. The molecule has 0 spiro atoms. The standard InChI is InChI=1S/C23H23FN2O3/c1-4-28-21-14-7-17(15-25-21)16-5-10-19(11-6-16)26-22(27)23(2,3)29-20-12-8-18(24)9-13-20/h5-15H,4H2,1-3H3,(H,26,27). The molecular formula is C23H23FN2O3. The van der Waals surface area contributed by atoms with Gasteiger partial charge in [0.15, 0.2) is 5.60 Å². The SMILES string of the molecule is CCOc1ccc(-c2ccc(NC(=O)C(C)(C)Oc3ccc(F)cc3)cc2)cn1. The molecule has 0 saturated heterocycles. The molecule has 0 saturated carbocycles. The maximum Gasteiger partial charge on any atom is 0.267 e. The molecule has 3 rings (SSSR count). The van der Waals surface area contributed by atoms with E-state index in [2.05, 4.69) is 10.3 Å². The minimum Gasteiger partial charge on any atom is -0.478 e. The molecule has 0 bridgehead atoms. The summed E-state index contributed by atoms with van der Waals surface area (Å²) in [6, 6.07) is 16.8. The summed E-state index contributed by atoms with van der Waals surface area (Å²) in [7, 11) is 0. The summed E-state index contributed by atoms with van der Waals surface area (Å²) in [5, 5.41) is 2.84. The van der Waals surface area contributed by atoms with Crippen molar-refractivity contribution in [3.05, 3.63) is 72.7 Å². The number of nitrogens with one attached hydrogen (secondary N) is 1. The van der Waals surface area contributed by atoms with Crippen LogP contribution in [-0.4, -0.2) is 23.1 Å². The second kappa shape index (κ2) is 8.73. The molecule has 5 nitrogen and oxygen atoms in total. The highest BCUT2D eigenvalue weighted by atomic mass is 19.1. The van der Waals surface area contributed by atoms with Crippen LogP contribution in [0.25, 0.3) is 11.1 Å². The first-order valence-electron chi connectivity index (χ1n) is 9.33. The van der Waals surface area contributed by atoms with Gasteiger partial charge in [0.2, 0.25) is 5.88 Å². The molecule has 0 aliphatic rings. The lowest BCUT2D eigenvalue weighted by molar-refractivity contribution is -0.128. The third-order valence-corrected chi connectivity index (χ3v) is 4.24. The largest absolute Gasteiger partial charge is 0.478 e. The van der Waals surface area contributed by atoms with E-state index >= 15 is 0 Å². The highest BCUT2D eigenvalue weighted by Gasteiger charge is 2.30. The van der Waals surface area contributed by atoms with Crippen molar-refractivity contribution in [2.75, 3.05) is 11.9 Å². The predicted molar refractivity (Wildman–Crippen MR) is 111 cm³/mol. The van der Waals surface area contributed by atoms with Gasteiger partial charge in [0.05, 0.1) is 6.61 Å². The van der Waals surface area contributed by atoms with Crippen LogP contribution < -0.4 is 14.8 Å². The molecule has 150 valence electrons. The molecule has 0 atom stereocenters. The van der Waals surface area contributed by atoms with Crippen molar-refractivity contribution in [2.45, 2.75) is 26.4 Å². The van der Waals surface area contributed by atoms with Crippen LogP contribution in [0.5, 0.6) is 11.6 Å². The summed E-state index contributed by atoms with van der Waals surface area (Å²) < 4.78 is 24.1. The van der Waals surface area contributed by atoms with Gasteiger partial charge in [-0.25, -0.2) is 9.37 Å². The van der Waals surface area contributed by atoms with Gasteiger partial charge in [-0.2, -0.15) is 0 Å². The van der Waals surface area contributed by atoms with E-state index in [0.29, 0.717) is 23.9 Å². The van der Waals surface area contributed by atoms with Crippen molar-refractivity contribution in [1.29, 1.82) is 0 Å². The van der Waals surface area contributed by atoms with Gasteiger partial charge in [0.25, 0.3) is 5.91 Å². The van der Waals surface area contributed by atoms with E-state index in [4.69, 9.17) is 9.47 Å². The van der Waals surface area contributed by atoms with Crippen molar-refractivity contribution >= 4 is 11.6 Å². The lowest BCUT2D eigenvalue weighted by Gasteiger charge is -2.25. The van der Waals surface area contributed by atoms with Crippen molar-refractivity contribution in [1.82, 2.24) is 4.98 Å². The third kappa shape index (κ3) is 5.31. The lowest BCUT2D eigenvalue weighted by atomic mass is 10.1. The molecular weight excluding hydrogens is 371 g/mol. The zero-order chi connectivity index (χ0) is 20.9. The van der Waals surface area contributed by atoms with Gasteiger partial charge in [-0.15, -0.1) is 0 Å². The van der Waals surface area contributed by atoms with Crippen molar-refractivity contribution in [3.8, 4) is 22.8 Å². The van der Waals surface area contributed by atoms with E-state index in [1.807, 2.05) is 43.3 Å². The minimum atomic E-state index is -1.13. The summed E-state index contributed by atoms with van der Waals surface area (Å²) in [6.45, 7) is 5.80. The van der Waals surface area contributed by atoms with Gasteiger partial charge in [0.1, 0.15) is 11.6 Å². The Morgan fingerprint density at radius 2 is 1.66 bits per heavy atom. The lowest BCUT2D eigenvalue weighted by Crippen LogP contribution is -2.42. The number of rotatable bonds is 7. The monoisotopic (exact) mass is 394 g/mol. The Hall–Kier alpha value is -3.41. The molecule has 0 aliphatic carbocycles. The van der Waals surface area contributed by atoms with E-state index in [1.54, 1.807) is 20.0 Å². The van der Waals surface area contributed by atoms with Gasteiger partial charge >= 0.3 is 0 Å². The highest BCUT2D eigenvalue weighted by Crippen LogP contribution is 2.24. The number of aromatic nitrogens is 1. The van der Waals surface area contributed by atoms with Crippen molar-refractivity contribution < 1.29 is 18.7 Å². The van der Waals surface area contributed by atoms with Gasteiger partial charge in [-0.3, -0.25) is 4.79 Å². The summed E-state index contributed by atoms with van der Waals surface area (Å²) in [4.78, 5) is 16.9. The first kappa shape index (κ1) is 20.3. The van der Waals surface area contributed by atoms with Gasteiger partial charge in [-0.05, 0) is 68.8 Å². The molecule has 1 amide bonds. The number of halogens is 1. The molecule has 0 fully saturated rings. The van der Waals surface area contributed by atoms with Crippen LogP contribution in [0.15, 0.2) is 66.9 Å². The Kier molecular flexibility index (Phi) is 6.12. The summed E-state index contributed by atoms with van der Waals surface area (Å²) in [6.07, 6.45) is 1.75. The number of benzene rings is 2. The number of carbonyl (C=O) groups is 1. The molecule has 1 heterocycles. The zero-order valence-corrected chi connectivity index (χ0v) is 16.6. The highest BCUT2D eigenvalue weighted by molar-refractivity contribution is 5.97. The Morgan fingerprint density at radius 1 is 1.00 bits per heavy atom. The van der Waals surface area contributed by atoms with E-state index in [9.17, 15) is 9.18 Å². The van der Waals surface area contributed by atoms with Gasteiger partial charge in [-0.1, -0.05) is 12.1 Å².